The van der Waals surface area contributed by atoms with Crippen molar-refractivity contribution in [3.63, 3.8) is 0 Å². The molecule has 0 aliphatic rings. The highest BCUT2D eigenvalue weighted by atomic mass is 32.2. The van der Waals surface area contributed by atoms with E-state index in [1.165, 1.54) is 0 Å². The fraction of sp³-hybridized carbons (Fsp3) is 0.286. The summed E-state index contributed by atoms with van der Waals surface area (Å²) in [5.41, 5.74) is 1.70. The summed E-state index contributed by atoms with van der Waals surface area (Å²) in [6, 6.07) is 9.77. The Morgan fingerprint density at radius 3 is 2.73 bits per heavy atom. The first-order valence-electron chi connectivity index (χ1n) is 6.82. The Balaban J connectivity index is 1.86. The van der Waals surface area contributed by atoms with Crippen molar-refractivity contribution < 1.29 is 5.11 Å². The van der Waals surface area contributed by atoms with Crippen LogP contribution >= 0.6 is 11.8 Å². The summed E-state index contributed by atoms with van der Waals surface area (Å²) in [5.74, 6) is 0.754. The summed E-state index contributed by atoms with van der Waals surface area (Å²) in [6.07, 6.45) is 1.68. The first-order valence-corrected chi connectivity index (χ1v) is 7.70. The largest absolute Gasteiger partial charge is 0.390 e. The van der Waals surface area contributed by atoms with Crippen molar-refractivity contribution in [3.8, 4) is 5.69 Å². The third-order valence-corrected chi connectivity index (χ3v) is 4.50. The normalized spacial score (nSPS) is 12.5. The van der Waals surface area contributed by atoms with Crippen LogP contribution in [0.15, 0.2) is 41.7 Å². The number of thioether (sulfide) groups is 1. The van der Waals surface area contributed by atoms with E-state index in [1.54, 1.807) is 22.6 Å². The zero-order valence-electron chi connectivity index (χ0n) is 12.3. The Bertz CT molecular complexity index is 754. The number of aliphatic hydroxyl groups excluding tert-OH is 1. The molecule has 0 bridgehead atoms. The molecule has 1 unspecified atom stereocenters. The van der Waals surface area contributed by atoms with Crippen molar-refractivity contribution >= 4 is 11.8 Å². The molecule has 7 nitrogen and oxygen atoms in total. The summed E-state index contributed by atoms with van der Waals surface area (Å²) < 4.78 is 3.60. The zero-order valence-corrected chi connectivity index (χ0v) is 13.1. The molecule has 0 fully saturated rings. The minimum atomic E-state index is -0.0276. The molecule has 0 spiro atoms. The van der Waals surface area contributed by atoms with Gasteiger partial charge in [0.05, 0.1) is 29.4 Å². The van der Waals surface area contributed by atoms with Crippen LogP contribution in [0.1, 0.15) is 23.7 Å². The van der Waals surface area contributed by atoms with E-state index in [1.807, 2.05) is 48.9 Å². The van der Waals surface area contributed by atoms with Crippen molar-refractivity contribution in [1.29, 1.82) is 0 Å². The average molecular weight is 316 g/mol. The number of imidazole rings is 1. The molecule has 3 aromatic rings. The minimum Gasteiger partial charge on any atom is -0.390 e. The van der Waals surface area contributed by atoms with Crippen LogP contribution in [0.25, 0.3) is 5.69 Å². The third-order valence-electron chi connectivity index (χ3n) is 3.34. The highest BCUT2D eigenvalue weighted by molar-refractivity contribution is 7.99. The lowest BCUT2D eigenvalue weighted by atomic mass is 10.3. The van der Waals surface area contributed by atoms with Gasteiger partial charge in [0.15, 0.2) is 11.0 Å². The highest BCUT2D eigenvalue weighted by Crippen LogP contribution is 2.33. The number of hydrogen-bond acceptors (Lipinski definition) is 6. The van der Waals surface area contributed by atoms with Crippen LogP contribution in [-0.2, 0) is 13.7 Å². The van der Waals surface area contributed by atoms with Crippen LogP contribution in [0.3, 0.4) is 0 Å². The number of aromatic nitrogens is 6. The molecule has 22 heavy (non-hydrogen) atoms. The van der Waals surface area contributed by atoms with Gasteiger partial charge in [-0.25, -0.2) is 4.98 Å². The summed E-state index contributed by atoms with van der Waals surface area (Å²) in [7, 11) is 1.88. The van der Waals surface area contributed by atoms with Gasteiger partial charge in [0, 0.05) is 7.05 Å². The topological polar surface area (TPSA) is 81.7 Å². The molecule has 8 heteroatoms. The van der Waals surface area contributed by atoms with Gasteiger partial charge in [-0.1, -0.05) is 30.0 Å². The first kappa shape index (κ1) is 14.7. The van der Waals surface area contributed by atoms with Gasteiger partial charge >= 0.3 is 0 Å². The number of para-hydroxylation sites is 1. The lowest BCUT2D eigenvalue weighted by Gasteiger charge is -2.11. The van der Waals surface area contributed by atoms with Gasteiger partial charge in [0.2, 0.25) is 0 Å². The minimum absolute atomic E-state index is 0.0165. The van der Waals surface area contributed by atoms with E-state index in [0.29, 0.717) is 0 Å². The fourth-order valence-electron chi connectivity index (χ4n) is 2.09. The maximum absolute atomic E-state index is 9.24. The van der Waals surface area contributed by atoms with E-state index in [2.05, 4.69) is 20.5 Å². The molecule has 0 saturated carbocycles. The van der Waals surface area contributed by atoms with E-state index in [4.69, 9.17) is 0 Å². The van der Waals surface area contributed by atoms with Gasteiger partial charge < -0.3 is 9.67 Å². The summed E-state index contributed by atoms with van der Waals surface area (Å²) >= 11 is 1.55. The van der Waals surface area contributed by atoms with Gasteiger partial charge in [0.1, 0.15) is 0 Å². The van der Waals surface area contributed by atoms with Crippen molar-refractivity contribution in [3.05, 3.63) is 48.0 Å². The van der Waals surface area contributed by atoms with E-state index in [0.717, 1.165) is 22.4 Å². The molecule has 2 aromatic heterocycles. The van der Waals surface area contributed by atoms with Crippen LogP contribution in [-0.4, -0.2) is 34.9 Å². The molecular weight excluding hydrogens is 300 g/mol. The van der Waals surface area contributed by atoms with Gasteiger partial charge in [-0.15, -0.1) is 5.10 Å². The predicted octanol–water partition coefficient (Wildman–Crippen LogP) is 1.74. The zero-order chi connectivity index (χ0) is 15.5. The van der Waals surface area contributed by atoms with Gasteiger partial charge in [0.25, 0.3) is 0 Å². The fourth-order valence-corrected chi connectivity index (χ4v) is 3.05. The Hall–Kier alpha value is -2.19. The second-order valence-electron chi connectivity index (χ2n) is 4.79. The number of aliphatic hydroxyl groups is 1. The number of benzene rings is 1. The Kier molecular flexibility index (Phi) is 4.21. The van der Waals surface area contributed by atoms with Crippen molar-refractivity contribution in [2.45, 2.75) is 23.9 Å². The Labute approximate surface area is 132 Å². The maximum Gasteiger partial charge on any atom is 0.169 e. The number of tetrazole rings is 1. The van der Waals surface area contributed by atoms with E-state index in [9.17, 15) is 5.11 Å². The van der Waals surface area contributed by atoms with Crippen molar-refractivity contribution in [2.75, 3.05) is 0 Å². The summed E-state index contributed by atoms with van der Waals surface area (Å²) in [6.45, 7) is 2.00. The van der Waals surface area contributed by atoms with Crippen LogP contribution in [0.5, 0.6) is 0 Å². The second-order valence-corrected chi connectivity index (χ2v) is 6.10. The van der Waals surface area contributed by atoms with Crippen LogP contribution in [0.4, 0.5) is 0 Å². The van der Waals surface area contributed by atoms with Crippen molar-refractivity contribution in [1.82, 2.24) is 29.8 Å². The standard InChI is InChI=1S/C14H16N6OS/c1-10(22-14-15-8-12(9-21)19(14)2)13-16-17-18-20(13)11-6-4-3-5-7-11/h3-8,10,21H,9H2,1-2H3. The molecule has 0 radical (unpaired) electrons. The molecule has 0 saturated heterocycles. The van der Waals surface area contributed by atoms with E-state index >= 15 is 0 Å². The molecule has 1 aromatic carbocycles. The van der Waals surface area contributed by atoms with Gasteiger partial charge in [-0.05, 0) is 29.5 Å². The average Bonchev–Trinajstić information content (AvgIpc) is 3.16. The van der Waals surface area contributed by atoms with Crippen LogP contribution < -0.4 is 0 Å². The first-order chi connectivity index (χ1) is 10.7. The quantitative estimate of drug-likeness (QED) is 0.722. The smallest absolute Gasteiger partial charge is 0.169 e. The van der Waals surface area contributed by atoms with E-state index < -0.39 is 0 Å². The van der Waals surface area contributed by atoms with E-state index in [-0.39, 0.29) is 11.9 Å². The highest BCUT2D eigenvalue weighted by Gasteiger charge is 2.19. The monoisotopic (exact) mass is 316 g/mol. The lowest BCUT2D eigenvalue weighted by molar-refractivity contribution is 0.271. The van der Waals surface area contributed by atoms with Crippen molar-refractivity contribution in [2.24, 2.45) is 7.05 Å². The van der Waals surface area contributed by atoms with Crippen LogP contribution in [0, 0.1) is 0 Å². The molecule has 114 valence electrons. The number of nitrogens with zero attached hydrogens (tertiary/aromatic N) is 6. The molecule has 0 amide bonds. The summed E-state index contributed by atoms with van der Waals surface area (Å²) in [5, 5.41) is 22.1. The molecule has 1 atom stereocenters. The van der Waals surface area contributed by atoms with Gasteiger partial charge in [-0.3, -0.25) is 0 Å². The molecular formula is C14H16N6OS. The Morgan fingerprint density at radius 2 is 2.05 bits per heavy atom. The number of hydrogen-bond donors (Lipinski definition) is 1. The van der Waals surface area contributed by atoms with Crippen LogP contribution in [0.2, 0.25) is 0 Å². The maximum atomic E-state index is 9.24. The Morgan fingerprint density at radius 1 is 1.27 bits per heavy atom. The SMILES string of the molecule is CC(Sc1ncc(CO)n1C)c1nnnn1-c1ccccc1. The predicted molar refractivity (Wildman–Crippen MR) is 82.6 cm³/mol. The molecule has 3 rings (SSSR count). The summed E-state index contributed by atoms with van der Waals surface area (Å²) in [4.78, 5) is 4.33. The number of rotatable bonds is 5. The molecule has 0 aliphatic heterocycles. The molecule has 0 aliphatic carbocycles. The second kappa shape index (κ2) is 6.29. The molecule has 2 heterocycles. The molecule has 1 N–H and O–H groups in total. The third kappa shape index (κ3) is 2.75. The van der Waals surface area contributed by atoms with Gasteiger partial charge in [-0.2, -0.15) is 4.68 Å². The lowest BCUT2D eigenvalue weighted by Crippen LogP contribution is -2.06.